The van der Waals surface area contributed by atoms with Crippen molar-refractivity contribution in [1.82, 2.24) is 13.9 Å². The number of aryl methyl sites for hydroxylation is 1. The summed E-state index contributed by atoms with van der Waals surface area (Å²) in [5.74, 6) is 0.683. The molecule has 27 heavy (non-hydrogen) atoms. The quantitative estimate of drug-likeness (QED) is 0.640. The number of sulfonamides is 1. The third-order valence-corrected chi connectivity index (χ3v) is 5.96. The Balaban J connectivity index is 2.08. The van der Waals surface area contributed by atoms with Gasteiger partial charge in [-0.3, -0.25) is 0 Å². The van der Waals surface area contributed by atoms with Crippen LogP contribution in [0, 0.1) is 0 Å². The molecular weight excluding hydrogens is 376 g/mol. The smallest absolute Gasteiger partial charge is 0.387 e. The Morgan fingerprint density at radius 3 is 2.37 bits per heavy atom. The monoisotopic (exact) mass is 395 g/mol. The van der Waals surface area contributed by atoms with Crippen molar-refractivity contribution >= 4 is 21.1 Å². The highest BCUT2D eigenvalue weighted by molar-refractivity contribution is 7.89. The standard InChI is InChI=1S/C18H19F2N3O3S/c1-4-23-16-10-9-14(27(24,25)22(2)3)11-15(16)21-17(23)12-5-7-13(8-6-12)26-18(19)20/h5-11,18H,4H2,1-3H3. The molecule has 1 heterocycles. The van der Waals surface area contributed by atoms with Crippen molar-refractivity contribution in [3.63, 3.8) is 0 Å². The molecule has 0 aliphatic heterocycles. The lowest BCUT2D eigenvalue weighted by Gasteiger charge is -2.11. The molecule has 144 valence electrons. The van der Waals surface area contributed by atoms with Crippen molar-refractivity contribution in [2.75, 3.05) is 14.1 Å². The second-order valence-electron chi connectivity index (χ2n) is 6.02. The summed E-state index contributed by atoms with van der Waals surface area (Å²) in [4.78, 5) is 4.73. The molecule has 0 amide bonds. The third kappa shape index (κ3) is 3.65. The summed E-state index contributed by atoms with van der Waals surface area (Å²) in [7, 11) is -0.622. The van der Waals surface area contributed by atoms with Crippen molar-refractivity contribution in [2.24, 2.45) is 0 Å². The van der Waals surface area contributed by atoms with E-state index in [0.29, 0.717) is 23.4 Å². The van der Waals surface area contributed by atoms with Crippen molar-refractivity contribution in [3.8, 4) is 17.1 Å². The number of alkyl halides is 2. The molecular formula is C18H19F2N3O3S. The summed E-state index contributed by atoms with van der Waals surface area (Å²) in [6.07, 6.45) is 0. The van der Waals surface area contributed by atoms with Gasteiger partial charge in [-0.05, 0) is 49.4 Å². The highest BCUT2D eigenvalue weighted by Crippen LogP contribution is 2.28. The number of benzene rings is 2. The lowest BCUT2D eigenvalue weighted by atomic mass is 10.2. The van der Waals surface area contributed by atoms with Gasteiger partial charge in [-0.1, -0.05) is 0 Å². The summed E-state index contributed by atoms with van der Waals surface area (Å²) < 4.78 is 56.7. The Hall–Kier alpha value is -2.52. The molecule has 0 fully saturated rings. The first-order valence-electron chi connectivity index (χ1n) is 8.22. The van der Waals surface area contributed by atoms with Gasteiger partial charge in [0.25, 0.3) is 0 Å². The van der Waals surface area contributed by atoms with Crippen LogP contribution in [-0.2, 0) is 16.6 Å². The predicted octanol–water partition coefficient (Wildman–Crippen LogP) is 3.57. The van der Waals surface area contributed by atoms with Crippen LogP contribution in [0.2, 0.25) is 0 Å². The number of hydrogen-bond donors (Lipinski definition) is 0. The lowest BCUT2D eigenvalue weighted by Crippen LogP contribution is -2.22. The van der Waals surface area contributed by atoms with E-state index in [2.05, 4.69) is 9.72 Å². The maximum Gasteiger partial charge on any atom is 0.387 e. The number of rotatable bonds is 6. The molecule has 6 nitrogen and oxygen atoms in total. The molecule has 2 aromatic carbocycles. The molecule has 0 radical (unpaired) electrons. The van der Waals surface area contributed by atoms with Crippen LogP contribution in [0.25, 0.3) is 22.4 Å². The van der Waals surface area contributed by atoms with Crippen LogP contribution in [0.4, 0.5) is 8.78 Å². The molecule has 0 aliphatic carbocycles. The van der Waals surface area contributed by atoms with E-state index >= 15 is 0 Å². The molecule has 0 aliphatic rings. The Bertz CT molecular complexity index is 1060. The first-order chi connectivity index (χ1) is 12.7. The zero-order valence-electron chi connectivity index (χ0n) is 15.1. The first-order valence-corrected chi connectivity index (χ1v) is 9.66. The van der Waals surface area contributed by atoms with Crippen LogP contribution >= 0.6 is 0 Å². The Morgan fingerprint density at radius 2 is 1.81 bits per heavy atom. The molecule has 0 unspecified atom stereocenters. The largest absolute Gasteiger partial charge is 0.435 e. The fraction of sp³-hybridized carbons (Fsp3) is 0.278. The number of nitrogens with zero attached hydrogens (tertiary/aromatic N) is 3. The van der Waals surface area contributed by atoms with Gasteiger partial charge in [0.1, 0.15) is 11.6 Å². The van der Waals surface area contributed by atoms with E-state index in [1.54, 1.807) is 24.3 Å². The molecule has 0 saturated carbocycles. The minimum absolute atomic E-state index is 0.0623. The fourth-order valence-corrected chi connectivity index (χ4v) is 3.73. The second kappa shape index (κ2) is 7.24. The molecule has 3 aromatic rings. The lowest BCUT2D eigenvalue weighted by molar-refractivity contribution is -0.0498. The van der Waals surface area contributed by atoms with Crippen LogP contribution in [0.15, 0.2) is 47.4 Å². The molecule has 0 spiro atoms. The van der Waals surface area contributed by atoms with Gasteiger partial charge < -0.3 is 9.30 Å². The van der Waals surface area contributed by atoms with Crippen molar-refractivity contribution in [1.29, 1.82) is 0 Å². The molecule has 0 N–H and O–H groups in total. The Morgan fingerprint density at radius 1 is 1.15 bits per heavy atom. The summed E-state index contributed by atoms with van der Waals surface area (Å²) in [5.41, 5.74) is 2.05. The van der Waals surface area contributed by atoms with Gasteiger partial charge >= 0.3 is 6.61 Å². The average Bonchev–Trinajstić information content (AvgIpc) is 2.99. The van der Waals surface area contributed by atoms with E-state index in [4.69, 9.17) is 0 Å². The minimum atomic E-state index is -3.56. The normalized spacial score (nSPS) is 12.3. The summed E-state index contributed by atoms with van der Waals surface area (Å²) in [6.45, 7) is -0.322. The van der Waals surface area contributed by atoms with Crippen molar-refractivity contribution < 1.29 is 21.9 Å². The van der Waals surface area contributed by atoms with Gasteiger partial charge in [0.2, 0.25) is 10.0 Å². The van der Waals surface area contributed by atoms with Crippen LogP contribution in [-0.4, -0.2) is 43.0 Å². The average molecular weight is 395 g/mol. The fourth-order valence-electron chi connectivity index (χ4n) is 2.81. The number of fused-ring (bicyclic) bond motifs is 1. The molecule has 3 rings (SSSR count). The van der Waals surface area contributed by atoms with Crippen LogP contribution in [0.5, 0.6) is 5.75 Å². The highest BCUT2D eigenvalue weighted by atomic mass is 32.2. The zero-order chi connectivity index (χ0) is 19.8. The minimum Gasteiger partial charge on any atom is -0.435 e. The van der Waals surface area contributed by atoms with Crippen LogP contribution in [0.1, 0.15) is 6.92 Å². The molecule has 0 atom stereocenters. The topological polar surface area (TPSA) is 64.4 Å². The number of hydrogen-bond acceptors (Lipinski definition) is 4. The summed E-state index contributed by atoms with van der Waals surface area (Å²) in [5, 5.41) is 0. The van der Waals surface area contributed by atoms with E-state index in [9.17, 15) is 17.2 Å². The van der Waals surface area contributed by atoms with Crippen molar-refractivity contribution in [3.05, 3.63) is 42.5 Å². The number of halogens is 2. The predicted molar refractivity (Wildman–Crippen MR) is 98.3 cm³/mol. The van der Waals surface area contributed by atoms with Gasteiger partial charge in [0.15, 0.2) is 0 Å². The van der Waals surface area contributed by atoms with Crippen molar-refractivity contribution in [2.45, 2.75) is 25.0 Å². The van der Waals surface area contributed by atoms with Gasteiger partial charge in [0.05, 0.1) is 15.9 Å². The number of aromatic nitrogens is 2. The number of imidazole rings is 1. The maximum atomic E-state index is 12.3. The van der Waals surface area contributed by atoms with Gasteiger partial charge in [-0.15, -0.1) is 0 Å². The Kier molecular flexibility index (Phi) is 5.16. The summed E-state index contributed by atoms with van der Waals surface area (Å²) >= 11 is 0. The van der Waals surface area contributed by atoms with E-state index < -0.39 is 16.6 Å². The molecule has 0 bridgehead atoms. The summed E-state index contributed by atoms with van der Waals surface area (Å²) in [6, 6.07) is 11.0. The van der Waals surface area contributed by atoms with Gasteiger partial charge in [-0.2, -0.15) is 8.78 Å². The highest BCUT2D eigenvalue weighted by Gasteiger charge is 2.20. The van der Waals surface area contributed by atoms with Crippen LogP contribution < -0.4 is 4.74 Å². The van der Waals surface area contributed by atoms with E-state index in [-0.39, 0.29) is 10.6 Å². The number of ether oxygens (including phenoxy) is 1. The van der Waals surface area contributed by atoms with Gasteiger partial charge in [0, 0.05) is 26.2 Å². The van der Waals surface area contributed by atoms with E-state index in [1.165, 1.54) is 32.3 Å². The first kappa shape index (κ1) is 19.2. The SMILES string of the molecule is CCn1c(-c2ccc(OC(F)F)cc2)nc2cc(S(=O)(=O)N(C)C)ccc21. The maximum absolute atomic E-state index is 12.3. The second-order valence-corrected chi connectivity index (χ2v) is 8.17. The molecule has 9 heteroatoms. The zero-order valence-corrected chi connectivity index (χ0v) is 15.9. The van der Waals surface area contributed by atoms with E-state index in [0.717, 1.165) is 9.82 Å². The third-order valence-electron chi connectivity index (χ3n) is 4.15. The van der Waals surface area contributed by atoms with Gasteiger partial charge in [-0.25, -0.2) is 17.7 Å². The molecule has 0 saturated heterocycles. The van der Waals surface area contributed by atoms with Crippen LogP contribution in [0.3, 0.4) is 0 Å². The van der Waals surface area contributed by atoms with E-state index in [1.807, 2.05) is 11.5 Å². The molecule has 1 aromatic heterocycles. The Labute approximate surface area is 156 Å².